The second kappa shape index (κ2) is 13.4. The Labute approximate surface area is 326 Å². The molecule has 6 unspecified atom stereocenters. The molecule has 276 valence electrons. The summed E-state index contributed by atoms with van der Waals surface area (Å²) in [5.74, 6) is -5.13. The van der Waals surface area contributed by atoms with Crippen LogP contribution in [0.3, 0.4) is 0 Å². The molecule has 2 aliphatic carbocycles. The van der Waals surface area contributed by atoms with Crippen LogP contribution in [0.15, 0.2) is 90.5 Å². The van der Waals surface area contributed by atoms with Crippen molar-refractivity contribution < 1.29 is 33.8 Å². The number of hydrazine groups is 1. The van der Waals surface area contributed by atoms with Gasteiger partial charge in [0.2, 0.25) is 11.8 Å². The lowest BCUT2D eigenvalue weighted by molar-refractivity contribution is -0.138. The molecule has 2 heterocycles. The van der Waals surface area contributed by atoms with Gasteiger partial charge in [-0.3, -0.25) is 24.6 Å². The summed E-state index contributed by atoms with van der Waals surface area (Å²) >= 11 is 19.2. The number of amides is 4. The van der Waals surface area contributed by atoms with E-state index in [9.17, 15) is 19.5 Å². The maximum atomic E-state index is 15.5. The summed E-state index contributed by atoms with van der Waals surface area (Å²) in [4.78, 5) is 60.4. The summed E-state index contributed by atoms with van der Waals surface area (Å²) in [5.41, 5.74) is 4.64. The van der Waals surface area contributed by atoms with Gasteiger partial charge in [0.1, 0.15) is 17.2 Å². The van der Waals surface area contributed by atoms with Crippen molar-refractivity contribution >= 4 is 69.8 Å². The molecule has 0 radical (unpaired) electrons. The predicted octanol–water partition coefficient (Wildman–Crippen LogP) is 7.87. The Morgan fingerprint density at radius 3 is 2.26 bits per heavy atom. The van der Waals surface area contributed by atoms with E-state index in [1.165, 1.54) is 37.3 Å². The quantitative estimate of drug-likeness (QED) is 0.143. The number of imide groups is 2. The molecule has 2 N–H and O–H groups in total. The molecule has 1 saturated carbocycles. The first kappa shape index (κ1) is 36.0. The lowest BCUT2D eigenvalue weighted by Crippen LogP contribution is -2.53. The van der Waals surface area contributed by atoms with Crippen molar-refractivity contribution in [1.29, 1.82) is 0 Å². The fourth-order valence-electron chi connectivity index (χ4n) is 9.10. The van der Waals surface area contributed by atoms with Gasteiger partial charge in [0.05, 0.1) is 53.8 Å². The van der Waals surface area contributed by atoms with E-state index in [1.54, 1.807) is 60.7 Å². The summed E-state index contributed by atoms with van der Waals surface area (Å²) in [7, 11) is 3.00. The number of fused-ring (bicyclic) bond motifs is 4. The van der Waals surface area contributed by atoms with Gasteiger partial charge >= 0.3 is 0 Å². The number of hydrogen-bond acceptors (Lipinski definition) is 8. The zero-order chi connectivity index (χ0) is 38.2. The highest BCUT2D eigenvalue weighted by molar-refractivity contribution is 6.36. The number of carbonyl (C=O) groups excluding carboxylic acids is 4. The molecule has 0 spiro atoms. The fourth-order valence-corrected chi connectivity index (χ4v) is 9.73. The van der Waals surface area contributed by atoms with E-state index in [0.29, 0.717) is 32.6 Å². The van der Waals surface area contributed by atoms with E-state index >= 15 is 4.79 Å². The van der Waals surface area contributed by atoms with Crippen LogP contribution < -0.4 is 19.8 Å². The predicted molar refractivity (Wildman–Crippen MR) is 204 cm³/mol. The standard InChI is InChI=1S/C41H34Cl3N3O7/c1-20-4-8-23(17-31(20)43)46-37(49)28-14-13-26-29(35(28)39(46)51)19-30-38(50)47(45-33-15-7-22(42)16-32(33)44)40(52)41(30,21-5-10-25(53-2)11-6-21)36(26)27-12-9-24(48)18-34(27)54-3/h4-13,15-18,28-30,35-36,45,48H,14,19H2,1-3H3. The number of methoxy groups -OCH3 is 2. The van der Waals surface area contributed by atoms with Gasteiger partial charge in [-0.2, -0.15) is 5.01 Å². The first-order valence-corrected chi connectivity index (χ1v) is 18.5. The second-order valence-electron chi connectivity index (χ2n) is 14.1. The molecule has 13 heteroatoms. The molecule has 54 heavy (non-hydrogen) atoms. The van der Waals surface area contributed by atoms with Crippen molar-refractivity contribution in [3.05, 3.63) is 122 Å². The number of nitrogens with zero attached hydrogens (tertiary/aromatic N) is 2. The highest BCUT2D eigenvalue weighted by Crippen LogP contribution is 2.65. The highest BCUT2D eigenvalue weighted by atomic mass is 35.5. The zero-order valence-electron chi connectivity index (χ0n) is 29.3. The van der Waals surface area contributed by atoms with E-state index in [-0.39, 0.29) is 41.0 Å². The summed E-state index contributed by atoms with van der Waals surface area (Å²) in [5, 5.41) is 12.6. The zero-order valence-corrected chi connectivity index (χ0v) is 31.6. The number of aryl methyl sites for hydroxylation is 1. The van der Waals surface area contributed by atoms with Gasteiger partial charge in [0.15, 0.2) is 0 Å². The van der Waals surface area contributed by atoms with Gasteiger partial charge in [-0.05, 0) is 85.3 Å². The van der Waals surface area contributed by atoms with Gasteiger partial charge in [-0.25, -0.2) is 4.90 Å². The van der Waals surface area contributed by atoms with Crippen LogP contribution in [0.5, 0.6) is 17.2 Å². The molecule has 2 saturated heterocycles. The normalized spacial score (nSPS) is 26.0. The van der Waals surface area contributed by atoms with Crippen molar-refractivity contribution in [3.8, 4) is 17.2 Å². The number of rotatable bonds is 7. The highest BCUT2D eigenvalue weighted by Gasteiger charge is 2.70. The number of carbonyl (C=O) groups is 4. The maximum absolute atomic E-state index is 15.5. The number of halogens is 3. The Balaban J connectivity index is 1.34. The molecule has 10 nitrogen and oxygen atoms in total. The monoisotopic (exact) mass is 785 g/mol. The molecule has 4 amide bonds. The molecule has 4 aliphatic rings. The van der Waals surface area contributed by atoms with Crippen LogP contribution in [0, 0.1) is 30.6 Å². The van der Waals surface area contributed by atoms with Crippen LogP contribution >= 0.6 is 34.8 Å². The summed E-state index contributed by atoms with van der Waals surface area (Å²) in [6.45, 7) is 1.84. The summed E-state index contributed by atoms with van der Waals surface area (Å²) < 4.78 is 11.3. The van der Waals surface area contributed by atoms with Gasteiger partial charge in [-0.15, -0.1) is 0 Å². The minimum absolute atomic E-state index is 0.0610. The van der Waals surface area contributed by atoms with Gasteiger partial charge in [0, 0.05) is 27.6 Å². The number of aromatic hydroxyl groups is 1. The maximum Gasteiger partial charge on any atom is 0.260 e. The lowest BCUT2D eigenvalue weighted by Gasteiger charge is -2.50. The fraction of sp³-hybridized carbons (Fsp3) is 0.268. The van der Waals surface area contributed by atoms with Crippen molar-refractivity contribution in [1.82, 2.24) is 5.01 Å². The van der Waals surface area contributed by atoms with E-state index in [2.05, 4.69) is 5.43 Å². The van der Waals surface area contributed by atoms with Crippen LogP contribution in [0.2, 0.25) is 15.1 Å². The third-order valence-electron chi connectivity index (χ3n) is 11.5. The Bertz CT molecular complexity index is 2300. The van der Waals surface area contributed by atoms with E-state index in [0.717, 1.165) is 16.1 Å². The smallest absolute Gasteiger partial charge is 0.260 e. The van der Waals surface area contributed by atoms with Gasteiger partial charge in [0.25, 0.3) is 11.8 Å². The average molecular weight is 787 g/mol. The van der Waals surface area contributed by atoms with E-state index < -0.39 is 52.7 Å². The van der Waals surface area contributed by atoms with Crippen LogP contribution in [0.4, 0.5) is 11.4 Å². The second-order valence-corrected chi connectivity index (χ2v) is 15.3. The van der Waals surface area contributed by atoms with Crippen LogP contribution in [-0.2, 0) is 24.6 Å². The summed E-state index contributed by atoms with van der Waals surface area (Å²) in [6, 6.07) is 21.4. The van der Waals surface area contributed by atoms with Gasteiger partial charge < -0.3 is 14.6 Å². The largest absolute Gasteiger partial charge is 0.508 e. The Kier molecular flexibility index (Phi) is 8.91. The number of anilines is 2. The number of benzene rings is 4. The molecule has 3 fully saturated rings. The van der Waals surface area contributed by atoms with E-state index in [4.69, 9.17) is 44.3 Å². The Hall–Kier alpha value is -5.03. The molecule has 0 aromatic heterocycles. The number of nitrogens with one attached hydrogen (secondary N) is 1. The molecule has 8 rings (SSSR count). The Morgan fingerprint density at radius 2 is 1.57 bits per heavy atom. The minimum Gasteiger partial charge on any atom is -0.508 e. The van der Waals surface area contributed by atoms with Gasteiger partial charge in [-0.1, -0.05) is 70.7 Å². The Morgan fingerprint density at radius 1 is 0.815 bits per heavy atom. The SMILES string of the molecule is COc1ccc(C23C(=O)N(Nc4ccc(Cl)cc4Cl)C(=O)C2CC2C(=CCC4C(=O)N(c5ccc(C)c(Cl)c5)C(=O)C42)C3c2ccc(O)cc2OC)cc1. The third-order valence-corrected chi connectivity index (χ3v) is 12.5. The first-order chi connectivity index (χ1) is 25.9. The summed E-state index contributed by atoms with van der Waals surface area (Å²) in [6.07, 6.45) is 2.25. The molecule has 0 bridgehead atoms. The molecular weight excluding hydrogens is 753 g/mol. The molecule has 6 atom stereocenters. The van der Waals surface area contributed by atoms with Crippen molar-refractivity contribution in [2.75, 3.05) is 24.5 Å². The van der Waals surface area contributed by atoms with Crippen LogP contribution in [0.25, 0.3) is 0 Å². The molecular formula is C41H34Cl3N3O7. The molecule has 4 aromatic carbocycles. The number of ether oxygens (including phenoxy) is 2. The van der Waals surface area contributed by atoms with Crippen molar-refractivity contribution in [3.63, 3.8) is 0 Å². The lowest BCUT2D eigenvalue weighted by atomic mass is 9.49. The topological polar surface area (TPSA) is 125 Å². The number of allylic oxidation sites excluding steroid dienone is 2. The van der Waals surface area contributed by atoms with E-state index in [1.807, 2.05) is 13.0 Å². The number of hydrogen-bond donors (Lipinski definition) is 2. The van der Waals surface area contributed by atoms with Crippen LogP contribution in [0.1, 0.15) is 35.4 Å². The minimum atomic E-state index is -1.59. The van der Waals surface area contributed by atoms with Crippen molar-refractivity contribution in [2.24, 2.45) is 23.7 Å². The third kappa shape index (κ3) is 5.29. The number of phenolic OH excluding ortho intramolecular Hbond substituents is 1. The number of phenols is 1. The average Bonchev–Trinajstić information content (AvgIpc) is 3.54. The van der Waals surface area contributed by atoms with Crippen LogP contribution in [-0.4, -0.2) is 48.0 Å². The molecule has 4 aromatic rings. The van der Waals surface area contributed by atoms with Crippen molar-refractivity contribution in [2.45, 2.75) is 31.1 Å². The first-order valence-electron chi connectivity index (χ1n) is 17.4. The molecule has 2 aliphatic heterocycles.